The number of nitrogens with one attached hydrogen (secondary N) is 1. The molecule has 0 aliphatic heterocycles. The first-order chi connectivity index (χ1) is 8.85. The minimum Gasteiger partial charge on any atom is -0.489 e. The molecular weight excluding hydrogens is 230 g/mol. The minimum absolute atomic E-state index is 0.261. The lowest BCUT2D eigenvalue weighted by Gasteiger charge is -2.23. The van der Waals surface area contributed by atoms with Crippen LogP contribution in [0, 0.1) is 0 Å². The van der Waals surface area contributed by atoms with Gasteiger partial charge in [0.15, 0.2) is 5.82 Å². The minimum atomic E-state index is 0.261. The van der Waals surface area contributed by atoms with Gasteiger partial charge in [-0.1, -0.05) is 6.42 Å². The number of hydrogen-bond donors (Lipinski definition) is 1. The topological polar surface area (TPSA) is 56.3 Å². The Morgan fingerprint density at radius 3 is 2.72 bits per heavy atom. The van der Waals surface area contributed by atoms with E-state index in [1.165, 1.54) is 25.6 Å². The molecule has 0 unspecified atom stereocenters. The molecule has 1 aliphatic rings. The first kappa shape index (κ1) is 12.9. The van der Waals surface area contributed by atoms with Crippen molar-refractivity contribution in [1.29, 1.82) is 0 Å². The Morgan fingerprint density at radius 1 is 1.28 bits per heavy atom. The Morgan fingerprint density at radius 2 is 2.06 bits per heavy atom. The standard InChI is InChI=1S/C13H21N3O2/c1-3-14-12-11(17-2)13(16-9-15-12)18-10-7-5-4-6-8-10/h9-10H,3-8H2,1-2H3,(H,14,15,16). The molecular formula is C13H21N3O2. The zero-order valence-corrected chi connectivity index (χ0v) is 11.1. The van der Waals surface area contributed by atoms with Crippen LogP contribution in [0.3, 0.4) is 0 Å². The number of rotatable bonds is 5. The van der Waals surface area contributed by atoms with E-state index in [0.717, 1.165) is 19.4 Å². The smallest absolute Gasteiger partial charge is 0.262 e. The Balaban J connectivity index is 2.12. The van der Waals surface area contributed by atoms with Crippen molar-refractivity contribution >= 4 is 5.82 Å². The lowest BCUT2D eigenvalue weighted by molar-refractivity contribution is 0.143. The van der Waals surface area contributed by atoms with E-state index in [2.05, 4.69) is 15.3 Å². The van der Waals surface area contributed by atoms with Gasteiger partial charge in [-0.25, -0.2) is 4.98 Å². The predicted octanol–water partition coefficient (Wildman–Crippen LogP) is 2.63. The number of anilines is 1. The van der Waals surface area contributed by atoms with E-state index in [0.29, 0.717) is 17.4 Å². The molecule has 100 valence electrons. The monoisotopic (exact) mass is 251 g/mol. The molecule has 18 heavy (non-hydrogen) atoms. The maximum atomic E-state index is 5.95. The largest absolute Gasteiger partial charge is 0.489 e. The number of hydrogen-bond acceptors (Lipinski definition) is 5. The van der Waals surface area contributed by atoms with Gasteiger partial charge in [0.2, 0.25) is 5.75 Å². The molecule has 2 rings (SSSR count). The summed E-state index contributed by atoms with van der Waals surface area (Å²) >= 11 is 0. The van der Waals surface area contributed by atoms with Crippen molar-refractivity contribution in [3.63, 3.8) is 0 Å². The summed E-state index contributed by atoms with van der Waals surface area (Å²) in [5.41, 5.74) is 0. The van der Waals surface area contributed by atoms with Crippen LogP contribution in [-0.4, -0.2) is 29.7 Å². The van der Waals surface area contributed by atoms with Crippen LogP contribution in [0.2, 0.25) is 0 Å². The van der Waals surface area contributed by atoms with Gasteiger partial charge in [-0.2, -0.15) is 4.98 Å². The van der Waals surface area contributed by atoms with Gasteiger partial charge < -0.3 is 14.8 Å². The summed E-state index contributed by atoms with van der Waals surface area (Å²) in [5, 5.41) is 3.15. The van der Waals surface area contributed by atoms with Crippen molar-refractivity contribution in [1.82, 2.24) is 9.97 Å². The zero-order valence-electron chi connectivity index (χ0n) is 11.1. The second-order valence-corrected chi connectivity index (χ2v) is 4.47. The third-order valence-electron chi connectivity index (χ3n) is 3.15. The average Bonchev–Trinajstić information content (AvgIpc) is 2.41. The van der Waals surface area contributed by atoms with Crippen LogP contribution in [0.5, 0.6) is 11.6 Å². The summed E-state index contributed by atoms with van der Waals surface area (Å²) in [7, 11) is 1.62. The van der Waals surface area contributed by atoms with Crippen LogP contribution in [0.4, 0.5) is 5.82 Å². The first-order valence-electron chi connectivity index (χ1n) is 6.64. The van der Waals surface area contributed by atoms with Crippen molar-refractivity contribution < 1.29 is 9.47 Å². The highest BCUT2D eigenvalue weighted by Gasteiger charge is 2.19. The summed E-state index contributed by atoms with van der Waals surface area (Å²) in [6.07, 6.45) is 7.75. The van der Waals surface area contributed by atoms with Crippen LogP contribution < -0.4 is 14.8 Å². The van der Waals surface area contributed by atoms with Gasteiger partial charge >= 0.3 is 0 Å². The summed E-state index contributed by atoms with van der Waals surface area (Å²) in [6, 6.07) is 0. The fourth-order valence-corrected chi connectivity index (χ4v) is 2.26. The highest BCUT2D eigenvalue weighted by atomic mass is 16.5. The second kappa shape index (κ2) is 6.42. The van der Waals surface area contributed by atoms with Gasteiger partial charge in [-0.15, -0.1) is 0 Å². The van der Waals surface area contributed by atoms with Crippen LogP contribution >= 0.6 is 0 Å². The number of ether oxygens (including phenoxy) is 2. The molecule has 5 heteroatoms. The molecule has 1 aromatic heterocycles. The Kier molecular flexibility index (Phi) is 4.61. The molecule has 1 N–H and O–H groups in total. The molecule has 1 saturated carbocycles. The molecule has 0 saturated heterocycles. The molecule has 0 atom stereocenters. The summed E-state index contributed by atoms with van der Waals surface area (Å²) in [5.74, 6) is 1.85. The van der Waals surface area contributed by atoms with Gasteiger partial charge in [-0.3, -0.25) is 0 Å². The normalized spacial score (nSPS) is 16.3. The fraction of sp³-hybridized carbons (Fsp3) is 0.692. The fourth-order valence-electron chi connectivity index (χ4n) is 2.26. The summed E-state index contributed by atoms with van der Waals surface area (Å²) in [6.45, 7) is 2.81. The lowest BCUT2D eigenvalue weighted by Crippen LogP contribution is -2.20. The molecule has 0 radical (unpaired) electrons. The average molecular weight is 251 g/mol. The molecule has 0 amide bonds. The van der Waals surface area contributed by atoms with E-state index in [-0.39, 0.29) is 6.10 Å². The Hall–Kier alpha value is -1.52. The lowest BCUT2D eigenvalue weighted by atomic mass is 9.98. The highest BCUT2D eigenvalue weighted by Crippen LogP contribution is 2.33. The van der Waals surface area contributed by atoms with Crippen LogP contribution in [-0.2, 0) is 0 Å². The maximum absolute atomic E-state index is 5.95. The number of aromatic nitrogens is 2. The Bertz CT molecular complexity index is 378. The number of methoxy groups -OCH3 is 1. The third-order valence-corrected chi connectivity index (χ3v) is 3.15. The van der Waals surface area contributed by atoms with Crippen LogP contribution in [0.1, 0.15) is 39.0 Å². The second-order valence-electron chi connectivity index (χ2n) is 4.47. The molecule has 1 aliphatic carbocycles. The van der Waals surface area contributed by atoms with Crippen LogP contribution in [0.25, 0.3) is 0 Å². The van der Waals surface area contributed by atoms with E-state index in [1.807, 2.05) is 6.92 Å². The van der Waals surface area contributed by atoms with E-state index < -0.39 is 0 Å². The quantitative estimate of drug-likeness (QED) is 0.871. The Labute approximate surface area is 108 Å². The maximum Gasteiger partial charge on any atom is 0.262 e. The molecule has 1 aromatic rings. The van der Waals surface area contributed by atoms with Gasteiger partial charge in [0.25, 0.3) is 5.88 Å². The molecule has 0 spiro atoms. The van der Waals surface area contributed by atoms with Crippen molar-refractivity contribution in [3.05, 3.63) is 6.33 Å². The molecule has 0 aromatic carbocycles. The van der Waals surface area contributed by atoms with Crippen molar-refractivity contribution in [2.45, 2.75) is 45.1 Å². The highest BCUT2D eigenvalue weighted by molar-refractivity contribution is 5.54. The van der Waals surface area contributed by atoms with Crippen molar-refractivity contribution in [2.75, 3.05) is 19.0 Å². The third kappa shape index (κ3) is 3.03. The van der Waals surface area contributed by atoms with Crippen molar-refractivity contribution in [3.8, 4) is 11.6 Å². The summed E-state index contributed by atoms with van der Waals surface area (Å²) in [4.78, 5) is 8.35. The van der Waals surface area contributed by atoms with Crippen molar-refractivity contribution in [2.24, 2.45) is 0 Å². The number of nitrogens with zero attached hydrogens (tertiary/aromatic N) is 2. The molecule has 1 heterocycles. The molecule has 0 bridgehead atoms. The zero-order chi connectivity index (χ0) is 12.8. The first-order valence-corrected chi connectivity index (χ1v) is 6.64. The summed E-state index contributed by atoms with van der Waals surface area (Å²) < 4.78 is 11.3. The van der Waals surface area contributed by atoms with Gasteiger partial charge in [-0.05, 0) is 32.6 Å². The predicted molar refractivity (Wildman–Crippen MR) is 70.2 cm³/mol. The van der Waals surface area contributed by atoms with E-state index >= 15 is 0 Å². The SMILES string of the molecule is CCNc1ncnc(OC2CCCCC2)c1OC. The van der Waals surface area contributed by atoms with Gasteiger partial charge in [0.1, 0.15) is 12.4 Å². The van der Waals surface area contributed by atoms with E-state index in [4.69, 9.17) is 9.47 Å². The van der Waals surface area contributed by atoms with E-state index in [1.54, 1.807) is 7.11 Å². The molecule has 5 nitrogen and oxygen atoms in total. The van der Waals surface area contributed by atoms with Gasteiger partial charge in [0, 0.05) is 6.54 Å². The van der Waals surface area contributed by atoms with E-state index in [9.17, 15) is 0 Å². The van der Waals surface area contributed by atoms with Crippen LogP contribution in [0.15, 0.2) is 6.33 Å². The van der Waals surface area contributed by atoms with Gasteiger partial charge in [0.05, 0.1) is 7.11 Å². The molecule has 1 fully saturated rings.